The Morgan fingerprint density at radius 2 is 1.94 bits per heavy atom. The Bertz CT molecular complexity index is 360. The molecule has 0 saturated carbocycles. The van der Waals surface area contributed by atoms with Gasteiger partial charge in [-0.05, 0) is 26.2 Å². The number of nitrogens with one attached hydrogen (secondary N) is 1. The fraction of sp³-hybridized carbons (Fsp3) is 0.500. The van der Waals surface area contributed by atoms with Crippen LogP contribution in [0.2, 0.25) is 0 Å². The lowest BCUT2D eigenvalue weighted by Crippen LogP contribution is -2.36. The highest BCUT2D eigenvalue weighted by atomic mass is 16.5. The SMILES string of the molecule is CCOC(=O)C1=C(C(=O)NC(N)=O)CCC1. The van der Waals surface area contributed by atoms with Crippen molar-refractivity contribution in [1.29, 1.82) is 0 Å². The molecule has 1 aliphatic carbocycles. The standard InChI is InChI=1S/C10H14N2O4/c1-2-16-9(14)7-5-3-4-6(7)8(13)12-10(11)15/h2-5H2,1H3,(H3,11,12,13,15). The van der Waals surface area contributed by atoms with Gasteiger partial charge in [-0.1, -0.05) is 0 Å². The van der Waals surface area contributed by atoms with Gasteiger partial charge in [0, 0.05) is 11.1 Å². The lowest BCUT2D eigenvalue weighted by molar-refractivity contribution is -0.138. The number of rotatable bonds is 3. The first-order valence-corrected chi connectivity index (χ1v) is 5.06. The van der Waals surface area contributed by atoms with Crippen LogP contribution in [0.25, 0.3) is 0 Å². The van der Waals surface area contributed by atoms with Crippen molar-refractivity contribution in [2.45, 2.75) is 26.2 Å². The van der Waals surface area contributed by atoms with Crippen LogP contribution < -0.4 is 11.1 Å². The van der Waals surface area contributed by atoms with Gasteiger partial charge < -0.3 is 10.5 Å². The number of imide groups is 1. The normalized spacial score (nSPS) is 14.8. The molecule has 0 aromatic heterocycles. The van der Waals surface area contributed by atoms with E-state index in [0.717, 1.165) is 0 Å². The first kappa shape index (κ1) is 12.2. The van der Waals surface area contributed by atoms with Gasteiger partial charge in [0.05, 0.1) is 6.61 Å². The highest BCUT2D eigenvalue weighted by Gasteiger charge is 2.26. The van der Waals surface area contributed by atoms with Crippen LogP contribution in [0.15, 0.2) is 11.1 Å². The topological polar surface area (TPSA) is 98.5 Å². The molecule has 0 aromatic carbocycles. The van der Waals surface area contributed by atoms with E-state index in [2.05, 4.69) is 0 Å². The van der Waals surface area contributed by atoms with Gasteiger partial charge in [-0.2, -0.15) is 0 Å². The third-order valence-electron chi connectivity index (χ3n) is 2.25. The van der Waals surface area contributed by atoms with E-state index in [1.807, 2.05) is 5.32 Å². The van der Waals surface area contributed by atoms with Crippen LogP contribution in [-0.4, -0.2) is 24.5 Å². The van der Waals surface area contributed by atoms with Crippen LogP contribution in [0.5, 0.6) is 0 Å². The van der Waals surface area contributed by atoms with Crippen LogP contribution in [0.1, 0.15) is 26.2 Å². The lowest BCUT2D eigenvalue weighted by Gasteiger charge is -2.05. The third kappa shape index (κ3) is 2.82. The summed E-state index contributed by atoms with van der Waals surface area (Å²) in [6.07, 6.45) is 1.67. The first-order chi connectivity index (χ1) is 7.56. The van der Waals surface area contributed by atoms with E-state index in [1.165, 1.54) is 0 Å². The summed E-state index contributed by atoms with van der Waals surface area (Å²) in [5, 5.41) is 1.95. The summed E-state index contributed by atoms with van der Waals surface area (Å²) >= 11 is 0. The minimum Gasteiger partial charge on any atom is -0.463 e. The number of esters is 1. The van der Waals surface area contributed by atoms with Crippen LogP contribution in [0.4, 0.5) is 4.79 Å². The summed E-state index contributed by atoms with van der Waals surface area (Å²) in [5.74, 6) is -1.09. The monoisotopic (exact) mass is 226 g/mol. The minimum absolute atomic E-state index is 0.257. The summed E-state index contributed by atoms with van der Waals surface area (Å²) in [4.78, 5) is 33.5. The van der Waals surface area contributed by atoms with E-state index in [9.17, 15) is 14.4 Å². The molecule has 6 heteroatoms. The summed E-state index contributed by atoms with van der Waals surface area (Å²) in [7, 11) is 0. The second-order valence-electron chi connectivity index (χ2n) is 3.35. The van der Waals surface area contributed by atoms with Crippen LogP contribution in [-0.2, 0) is 14.3 Å². The molecule has 0 spiro atoms. The van der Waals surface area contributed by atoms with E-state index in [-0.39, 0.29) is 6.61 Å². The summed E-state index contributed by atoms with van der Waals surface area (Å²) in [6, 6.07) is -0.924. The molecule has 3 amide bonds. The van der Waals surface area contributed by atoms with Crippen LogP contribution >= 0.6 is 0 Å². The fourth-order valence-electron chi connectivity index (χ4n) is 1.63. The molecule has 0 unspecified atom stereocenters. The molecule has 0 saturated heterocycles. The van der Waals surface area contributed by atoms with Crippen molar-refractivity contribution >= 4 is 17.9 Å². The van der Waals surface area contributed by atoms with Crippen molar-refractivity contribution in [2.75, 3.05) is 6.61 Å². The molecule has 0 aromatic rings. The van der Waals surface area contributed by atoms with Crippen molar-refractivity contribution in [1.82, 2.24) is 5.32 Å². The number of amides is 3. The first-order valence-electron chi connectivity index (χ1n) is 5.06. The molecule has 0 heterocycles. The zero-order valence-corrected chi connectivity index (χ0v) is 9.04. The van der Waals surface area contributed by atoms with Crippen molar-refractivity contribution < 1.29 is 19.1 Å². The van der Waals surface area contributed by atoms with E-state index in [0.29, 0.717) is 30.4 Å². The van der Waals surface area contributed by atoms with E-state index < -0.39 is 17.9 Å². The van der Waals surface area contributed by atoms with Crippen LogP contribution in [0, 0.1) is 0 Å². The molecule has 1 rings (SSSR count). The predicted octanol–water partition coefficient (Wildman–Crippen LogP) is 0.225. The van der Waals surface area contributed by atoms with Gasteiger partial charge in [-0.25, -0.2) is 9.59 Å². The van der Waals surface area contributed by atoms with Gasteiger partial charge >= 0.3 is 12.0 Å². The molecule has 0 bridgehead atoms. The lowest BCUT2D eigenvalue weighted by atomic mass is 10.1. The molecule has 6 nitrogen and oxygen atoms in total. The molecule has 0 atom stereocenters. The molecular formula is C10H14N2O4. The van der Waals surface area contributed by atoms with E-state index in [1.54, 1.807) is 6.92 Å². The number of primary amides is 1. The Morgan fingerprint density at radius 1 is 1.31 bits per heavy atom. The maximum absolute atomic E-state index is 11.5. The Balaban J connectivity index is 2.82. The smallest absolute Gasteiger partial charge is 0.334 e. The van der Waals surface area contributed by atoms with Gasteiger partial charge in [0.1, 0.15) is 0 Å². The highest BCUT2D eigenvalue weighted by Crippen LogP contribution is 2.26. The van der Waals surface area contributed by atoms with Gasteiger partial charge in [-0.3, -0.25) is 10.1 Å². The van der Waals surface area contributed by atoms with Gasteiger partial charge in [-0.15, -0.1) is 0 Å². The average Bonchev–Trinajstić information content (AvgIpc) is 2.65. The molecule has 1 aliphatic rings. The van der Waals surface area contributed by atoms with Crippen molar-refractivity contribution in [2.24, 2.45) is 5.73 Å². The largest absolute Gasteiger partial charge is 0.463 e. The van der Waals surface area contributed by atoms with Crippen molar-refractivity contribution in [3.8, 4) is 0 Å². The quantitative estimate of drug-likeness (QED) is 0.672. The highest BCUT2D eigenvalue weighted by molar-refractivity contribution is 6.08. The zero-order chi connectivity index (χ0) is 12.1. The third-order valence-corrected chi connectivity index (χ3v) is 2.25. The number of carbonyl (C=O) groups is 3. The Labute approximate surface area is 92.8 Å². The number of hydrogen-bond donors (Lipinski definition) is 2. The van der Waals surface area contributed by atoms with Gasteiger partial charge in [0.25, 0.3) is 5.91 Å². The molecule has 0 radical (unpaired) electrons. The molecule has 3 N–H and O–H groups in total. The van der Waals surface area contributed by atoms with Gasteiger partial charge in [0.15, 0.2) is 0 Å². The summed E-state index contributed by atoms with van der Waals surface area (Å²) in [6.45, 7) is 1.95. The summed E-state index contributed by atoms with van der Waals surface area (Å²) < 4.78 is 4.82. The molecule has 0 aliphatic heterocycles. The van der Waals surface area contributed by atoms with Crippen molar-refractivity contribution in [3.05, 3.63) is 11.1 Å². The number of carbonyl (C=O) groups excluding carboxylic acids is 3. The second-order valence-corrected chi connectivity index (χ2v) is 3.35. The summed E-state index contributed by atoms with van der Waals surface area (Å²) in [5.41, 5.74) is 5.48. The van der Waals surface area contributed by atoms with Crippen molar-refractivity contribution in [3.63, 3.8) is 0 Å². The fourth-order valence-corrected chi connectivity index (χ4v) is 1.63. The Kier molecular flexibility index (Phi) is 4.04. The van der Waals surface area contributed by atoms with E-state index in [4.69, 9.17) is 10.5 Å². The number of hydrogen-bond acceptors (Lipinski definition) is 4. The van der Waals surface area contributed by atoms with Gasteiger partial charge in [0.2, 0.25) is 0 Å². The number of ether oxygens (including phenoxy) is 1. The maximum atomic E-state index is 11.5. The van der Waals surface area contributed by atoms with E-state index >= 15 is 0 Å². The second kappa shape index (κ2) is 5.29. The maximum Gasteiger partial charge on any atom is 0.334 e. The molecule has 16 heavy (non-hydrogen) atoms. The average molecular weight is 226 g/mol. The Morgan fingerprint density at radius 3 is 2.50 bits per heavy atom. The number of nitrogens with two attached hydrogens (primary N) is 1. The minimum atomic E-state index is -0.924. The molecule has 88 valence electrons. The zero-order valence-electron chi connectivity index (χ0n) is 9.04. The molecule has 0 fully saturated rings. The van der Waals surface area contributed by atoms with Crippen LogP contribution in [0.3, 0.4) is 0 Å². The number of urea groups is 1. The predicted molar refractivity (Wildman–Crippen MR) is 55.2 cm³/mol. The Hall–Kier alpha value is -1.85. The molecular weight excluding hydrogens is 212 g/mol.